The quantitative estimate of drug-likeness (QED) is 0.711. The largest absolute Gasteiger partial charge is 0.497 e. The third-order valence-electron chi connectivity index (χ3n) is 6.16. The number of hydrogen-bond donors (Lipinski definition) is 2. The monoisotopic (exact) mass is 380 g/mol. The molecule has 1 aliphatic heterocycles. The van der Waals surface area contributed by atoms with Crippen LogP contribution >= 0.6 is 0 Å². The summed E-state index contributed by atoms with van der Waals surface area (Å²) < 4.78 is 7.57. The van der Waals surface area contributed by atoms with E-state index in [4.69, 9.17) is 4.74 Å². The summed E-state index contributed by atoms with van der Waals surface area (Å²) in [6.07, 6.45) is -0.478. The smallest absolute Gasteiger partial charge is 0.130 e. The van der Waals surface area contributed by atoms with Gasteiger partial charge in [-0.2, -0.15) is 0 Å². The van der Waals surface area contributed by atoms with Gasteiger partial charge in [-0.05, 0) is 37.3 Å². The Kier molecular flexibility index (Phi) is 5.29. The second kappa shape index (κ2) is 7.86. The van der Waals surface area contributed by atoms with Crippen LogP contribution in [-0.2, 0) is 7.05 Å². The molecule has 1 aliphatic rings. The van der Waals surface area contributed by atoms with Crippen molar-refractivity contribution in [1.29, 1.82) is 0 Å². The summed E-state index contributed by atoms with van der Waals surface area (Å²) in [5.41, 5.74) is 4.59. The molecule has 0 radical (unpaired) electrons. The fourth-order valence-electron chi connectivity index (χ4n) is 4.43. The number of ether oxygens (including phenoxy) is 1. The number of aliphatic hydroxyl groups excluding tert-OH is 1. The number of hydrogen-bond acceptors (Lipinski definition) is 3. The standard InChI is InChI=1S/C23H29N3O2/c1-17-23(20-15-19(28-3)9-10-21(20)24(17)2)22(27)16-25-11-13-26(14-12-25)18-7-5-4-6-8-18/h4-10,15,22,27H,11-14,16H2,1-3H3/p+1/t22-/m0/s1. The molecule has 0 amide bonds. The zero-order chi connectivity index (χ0) is 19.7. The van der Waals surface area contributed by atoms with E-state index in [0.29, 0.717) is 0 Å². The Balaban J connectivity index is 1.49. The normalized spacial score (nSPS) is 16.5. The van der Waals surface area contributed by atoms with Crippen LogP contribution in [-0.4, -0.2) is 49.5 Å². The molecule has 1 aromatic heterocycles. The molecule has 0 saturated carbocycles. The summed E-state index contributed by atoms with van der Waals surface area (Å²) in [5, 5.41) is 12.2. The van der Waals surface area contributed by atoms with E-state index in [1.54, 1.807) is 7.11 Å². The molecule has 0 spiro atoms. The average Bonchev–Trinajstić information content (AvgIpc) is 2.99. The maximum absolute atomic E-state index is 11.1. The Morgan fingerprint density at radius 2 is 1.82 bits per heavy atom. The minimum Gasteiger partial charge on any atom is -0.497 e. The van der Waals surface area contributed by atoms with Crippen molar-refractivity contribution in [3.63, 3.8) is 0 Å². The number of anilines is 1. The van der Waals surface area contributed by atoms with Gasteiger partial charge < -0.3 is 24.2 Å². The van der Waals surface area contributed by atoms with E-state index >= 15 is 0 Å². The van der Waals surface area contributed by atoms with Gasteiger partial charge in [-0.3, -0.25) is 0 Å². The summed E-state index contributed by atoms with van der Waals surface area (Å²) >= 11 is 0. The first-order valence-corrected chi connectivity index (χ1v) is 10.0. The summed E-state index contributed by atoms with van der Waals surface area (Å²) in [7, 11) is 3.75. The highest BCUT2D eigenvalue weighted by Gasteiger charge is 2.26. The van der Waals surface area contributed by atoms with Gasteiger partial charge in [0.1, 0.15) is 18.4 Å². The summed E-state index contributed by atoms with van der Waals surface area (Å²) in [6, 6.07) is 16.7. The number of fused-ring (bicyclic) bond motifs is 1. The molecule has 148 valence electrons. The Morgan fingerprint density at radius 1 is 1.11 bits per heavy atom. The predicted octanol–water partition coefficient (Wildman–Crippen LogP) is 1.93. The zero-order valence-corrected chi connectivity index (χ0v) is 17.0. The van der Waals surface area contributed by atoms with Crippen molar-refractivity contribution in [1.82, 2.24) is 4.57 Å². The minimum atomic E-state index is -0.478. The molecule has 0 unspecified atom stereocenters. The van der Waals surface area contributed by atoms with E-state index < -0.39 is 6.10 Å². The first-order valence-electron chi connectivity index (χ1n) is 10.0. The number of methoxy groups -OCH3 is 1. The fourth-order valence-corrected chi connectivity index (χ4v) is 4.43. The lowest BCUT2D eigenvalue weighted by molar-refractivity contribution is -0.904. The number of aryl methyl sites for hydroxylation is 1. The van der Waals surface area contributed by atoms with E-state index in [2.05, 4.69) is 59.8 Å². The molecule has 1 saturated heterocycles. The highest BCUT2D eigenvalue weighted by molar-refractivity contribution is 5.87. The van der Waals surface area contributed by atoms with Crippen LogP contribution in [0.15, 0.2) is 48.5 Å². The van der Waals surface area contributed by atoms with Crippen LogP contribution in [0.1, 0.15) is 17.4 Å². The van der Waals surface area contributed by atoms with E-state index in [-0.39, 0.29) is 0 Å². The molecular weight excluding hydrogens is 350 g/mol. The van der Waals surface area contributed by atoms with Gasteiger partial charge in [0.25, 0.3) is 0 Å². The summed E-state index contributed by atoms with van der Waals surface area (Å²) in [4.78, 5) is 3.89. The van der Waals surface area contributed by atoms with Crippen molar-refractivity contribution < 1.29 is 14.7 Å². The lowest BCUT2D eigenvalue weighted by Crippen LogP contribution is -3.15. The average molecular weight is 381 g/mol. The predicted molar refractivity (Wildman–Crippen MR) is 113 cm³/mol. The number of nitrogens with one attached hydrogen (secondary N) is 1. The topological polar surface area (TPSA) is 42.1 Å². The molecule has 4 rings (SSSR count). The second-order valence-electron chi connectivity index (χ2n) is 7.73. The number of para-hydroxylation sites is 1. The van der Waals surface area contributed by atoms with E-state index in [0.717, 1.165) is 60.6 Å². The maximum Gasteiger partial charge on any atom is 0.130 e. The fraction of sp³-hybridized carbons (Fsp3) is 0.391. The first kappa shape index (κ1) is 18.8. The number of aromatic nitrogens is 1. The van der Waals surface area contributed by atoms with Crippen molar-refractivity contribution >= 4 is 16.6 Å². The number of piperazine rings is 1. The Hall–Kier alpha value is -2.50. The van der Waals surface area contributed by atoms with Crippen LogP contribution in [0.4, 0.5) is 5.69 Å². The van der Waals surface area contributed by atoms with Gasteiger partial charge in [0.05, 0.1) is 33.3 Å². The number of benzene rings is 2. The van der Waals surface area contributed by atoms with Crippen LogP contribution < -0.4 is 14.5 Å². The van der Waals surface area contributed by atoms with Gasteiger partial charge in [0, 0.05) is 34.9 Å². The summed E-state index contributed by atoms with van der Waals surface area (Å²) in [5.74, 6) is 0.829. The molecule has 3 aromatic rings. The third kappa shape index (κ3) is 3.48. The van der Waals surface area contributed by atoms with Crippen LogP contribution in [0.25, 0.3) is 10.9 Å². The van der Waals surface area contributed by atoms with Crippen molar-refractivity contribution in [2.75, 3.05) is 44.7 Å². The number of quaternary nitrogens is 1. The van der Waals surface area contributed by atoms with Crippen molar-refractivity contribution in [2.45, 2.75) is 13.0 Å². The van der Waals surface area contributed by atoms with E-state index in [1.165, 1.54) is 10.6 Å². The van der Waals surface area contributed by atoms with Crippen LogP contribution in [0.3, 0.4) is 0 Å². The summed E-state index contributed by atoms with van der Waals surface area (Å²) in [6.45, 7) is 6.95. The van der Waals surface area contributed by atoms with E-state index in [1.807, 2.05) is 12.1 Å². The van der Waals surface area contributed by atoms with Crippen LogP contribution in [0.2, 0.25) is 0 Å². The molecular formula is C23H30N3O2+. The zero-order valence-electron chi connectivity index (χ0n) is 17.0. The Morgan fingerprint density at radius 3 is 2.50 bits per heavy atom. The van der Waals surface area contributed by atoms with E-state index in [9.17, 15) is 5.11 Å². The molecule has 1 atom stereocenters. The van der Waals surface area contributed by atoms with Gasteiger partial charge in [-0.15, -0.1) is 0 Å². The molecule has 2 aromatic carbocycles. The number of aliphatic hydroxyl groups is 1. The number of nitrogens with zero attached hydrogens (tertiary/aromatic N) is 2. The lowest BCUT2D eigenvalue weighted by Gasteiger charge is -2.34. The first-order chi connectivity index (χ1) is 13.6. The third-order valence-corrected chi connectivity index (χ3v) is 6.16. The molecule has 2 heterocycles. The molecule has 5 nitrogen and oxygen atoms in total. The van der Waals surface area contributed by atoms with Crippen molar-refractivity contribution in [2.24, 2.45) is 7.05 Å². The minimum absolute atomic E-state index is 0.478. The highest BCUT2D eigenvalue weighted by Crippen LogP contribution is 2.32. The van der Waals surface area contributed by atoms with Gasteiger partial charge in [0.2, 0.25) is 0 Å². The van der Waals surface area contributed by atoms with Gasteiger partial charge in [-0.1, -0.05) is 18.2 Å². The van der Waals surface area contributed by atoms with Gasteiger partial charge in [-0.25, -0.2) is 0 Å². The van der Waals surface area contributed by atoms with Crippen LogP contribution in [0, 0.1) is 6.92 Å². The SMILES string of the molecule is COc1ccc2c(c1)c([C@@H](O)C[NH+]1CCN(c3ccccc3)CC1)c(C)n2C. The highest BCUT2D eigenvalue weighted by atomic mass is 16.5. The molecule has 5 heteroatoms. The molecule has 0 aliphatic carbocycles. The molecule has 0 bridgehead atoms. The maximum atomic E-state index is 11.1. The van der Waals surface area contributed by atoms with Gasteiger partial charge >= 0.3 is 0 Å². The molecule has 2 N–H and O–H groups in total. The van der Waals surface area contributed by atoms with Crippen LogP contribution in [0.5, 0.6) is 5.75 Å². The lowest BCUT2D eigenvalue weighted by atomic mass is 10.0. The van der Waals surface area contributed by atoms with Gasteiger partial charge in [0.15, 0.2) is 0 Å². The second-order valence-corrected chi connectivity index (χ2v) is 7.73. The Labute approximate surface area is 166 Å². The molecule has 1 fully saturated rings. The Bertz CT molecular complexity index is 943. The van der Waals surface area contributed by atoms with Crippen molar-refractivity contribution in [3.05, 3.63) is 59.8 Å². The number of rotatable bonds is 5. The van der Waals surface area contributed by atoms with Crippen molar-refractivity contribution in [3.8, 4) is 5.75 Å². The molecule has 28 heavy (non-hydrogen) atoms.